The molecule has 0 aromatic heterocycles. The first-order chi connectivity index (χ1) is 10.1. The number of hydrogen-bond donors (Lipinski definition) is 2. The quantitative estimate of drug-likeness (QED) is 0.633. The lowest BCUT2D eigenvalue weighted by Gasteiger charge is -2.26. The second-order valence-electron chi connectivity index (χ2n) is 5.34. The predicted molar refractivity (Wildman–Crippen MR) is 80.8 cm³/mol. The highest BCUT2D eigenvalue weighted by Crippen LogP contribution is 2.33. The van der Waals surface area contributed by atoms with E-state index in [0.717, 1.165) is 16.9 Å². The SMILES string of the molecule is CC(C)(c1ccc(OO)cc1)c1ccc(OCCO)cc1. The molecule has 0 saturated carbocycles. The molecule has 0 fully saturated rings. The Kier molecular flexibility index (Phi) is 4.83. The molecule has 0 aliphatic carbocycles. The van der Waals surface area contributed by atoms with Crippen LogP contribution in [-0.4, -0.2) is 23.6 Å². The molecule has 21 heavy (non-hydrogen) atoms. The monoisotopic (exact) mass is 288 g/mol. The molecule has 4 nitrogen and oxygen atoms in total. The Labute approximate surface area is 124 Å². The largest absolute Gasteiger partial charge is 0.491 e. The summed E-state index contributed by atoms with van der Waals surface area (Å²) in [6.07, 6.45) is 0. The minimum Gasteiger partial charge on any atom is -0.491 e. The van der Waals surface area contributed by atoms with Crippen molar-refractivity contribution in [2.24, 2.45) is 0 Å². The van der Waals surface area contributed by atoms with Crippen LogP contribution in [-0.2, 0) is 5.41 Å². The number of aliphatic hydroxyl groups excluding tert-OH is 1. The second kappa shape index (κ2) is 6.61. The van der Waals surface area contributed by atoms with Crippen molar-refractivity contribution in [3.63, 3.8) is 0 Å². The van der Waals surface area contributed by atoms with Crippen LogP contribution in [0.4, 0.5) is 0 Å². The van der Waals surface area contributed by atoms with Crippen molar-refractivity contribution in [3.05, 3.63) is 59.7 Å². The minimum absolute atomic E-state index is 0.00647. The maximum atomic E-state index is 8.75. The maximum Gasteiger partial charge on any atom is 0.165 e. The van der Waals surface area contributed by atoms with E-state index in [9.17, 15) is 0 Å². The van der Waals surface area contributed by atoms with Crippen LogP contribution in [0.25, 0.3) is 0 Å². The van der Waals surface area contributed by atoms with Gasteiger partial charge in [0, 0.05) is 5.41 Å². The fourth-order valence-corrected chi connectivity index (χ4v) is 2.23. The first kappa shape index (κ1) is 15.4. The summed E-state index contributed by atoms with van der Waals surface area (Å²) in [5.41, 5.74) is 2.09. The van der Waals surface area contributed by atoms with Crippen molar-refractivity contribution in [2.45, 2.75) is 19.3 Å². The van der Waals surface area contributed by atoms with E-state index < -0.39 is 0 Å². The second-order valence-corrected chi connectivity index (χ2v) is 5.34. The van der Waals surface area contributed by atoms with Crippen molar-refractivity contribution in [1.82, 2.24) is 0 Å². The summed E-state index contributed by atoms with van der Waals surface area (Å²) < 4.78 is 5.36. The summed E-state index contributed by atoms with van der Waals surface area (Å²) in [6, 6.07) is 15.2. The van der Waals surface area contributed by atoms with Crippen LogP contribution in [0.15, 0.2) is 48.5 Å². The molecule has 2 aromatic rings. The third kappa shape index (κ3) is 3.54. The summed E-state index contributed by atoms with van der Waals surface area (Å²) in [7, 11) is 0. The Morgan fingerprint density at radius 1 is 0.857 bits per heavy atom. The summed E-state index contributed by atoms with van der Waals surface area (Å²) in [4.78, 5) is 4.20. The van der Waals surface area contributed by atoms with Crippen LogP contribution < -0.4 is 9.62 Å². The first-order valence-corrected chi connectivity index (χ1v) is 6.84. The fraction of sp³-hybridized carbons (Fsp3) is 0.294. The number of aliphatic hydroxyl groups is 1. The van der Waals surface area contributed by atoms with Crippen LogP contribution in [0, 0.1) is 0 Å². The molecule has 4 heteroatoms. The van der Waals surface area contributed by atoms with Crippen LogP contribution >= 0.6 is 0 Å². The van der Waals surface area contributed by atoms with Crippen molar-refractivity contribution >= 4 is 0 Å². The minimum atomic E-state index is -0.177. The Morgan fingerprint density at radius 3 is 1.76 bits per heavy atom. The van der Waals surface area contributed by atoms with Gasteiger partial charge in [0.15, 0.2) is 5.75 Å². The Morgan fingerprint density at radius 2 is 1.33 bits per heavy atom. The summed E-state index contributed by atoms with van der Waals surface area (Å²) in [5, 5.41) is 17.4. The molecular weight excluding hydrogens is 268 g/mol. The Balaban J connectivity index is 2.21. The van der Waals surface area contributed by atoms with Gasteiger partial charge in [0.2, 0.25) is 0 Å². The normalized spacial score (nSPS) is 11.2. The van der Waals surface area contributed by atoms with E-state index in [1.165, 1.54) is 0 Å². The van der Waals surface area contributed by atoms with Gasteiger partial charge in [-0.25, -0.2) is 5.26 Å². The van der Waals surface area contributed by atoms with E-state index >= 15 is 0 Å². The van der Waals surface area contributed by atoms with Crippen molar-refractivity contribution in [2.75, 3.05) is 13.2 Å². The lowest BCUT2D eigenvalue weighted by Crippen LogP contribution is -2.18. The van der Waals surface area contributed by atoms with Gasteiger partial charge in [0.05, 0.1) is 6.61 Å². The zero-order valence-corrected chi connectivity index (χ0v) is 12.2. The van der Waals surface area contributed by atoms with Gasteiger partial charge in [-0.2, -0.15) is 0 Å². The topological polar surface area (TPSA) is 58.9 Å². The molecule has 2 rings (SSSR count). The van der Waals surface area contributed by atoms with Gasteiger partial charge in [-0.05, 0) is 35.4 Å². The van der Waals surface area contributed by atoms with Gasteiger partial charge in [0.25, 0.3) is 0 Å². The summed E-state index contributed by atoms with van der Waals surface area (Å²) in [5.74, 6) is 1.16. The molecule has 0 radical (unpaired) electrons. The molecule has 0 aliphatic heterocycles. The Bertz CT molecular complexity index is 558. The molecule has 0 amide bonds. The molecule has 0 unspecified atom stereocenters. The van der Waals surface area contributed by atoms with Crippen LogP contribution in [0.1, 0.15) is 25.0 Å². The molecular formula is C17H20O4. The maximum absolute atomic E-state index is 8.75. The van der Waals surface area contributed by atoms with Gasteiger partial charge in [0.1, 0.15) is 12.4 Å². The molecule has 2 aromatic carbocycles. The van der Waals surface area contributed by atoms with Crippen molar-refractivity contribution in [3.8, 4) is 11.5 Å². The molecule has 0 heterocycles. The number of ether oxygens (including phenoxy) is 1. The van der Waals surface area contributed by atoms with E-state index in [1.54, 1.807) is 12.1 Å². The molecule has 0 saturated heterocycles. The molecule has 2 N–H and O–H groups in total. The zero-order valence-electron chi connectivity index (χ0n) is 12.2. The van der Waals surface area contributed by atoms with Crippen LogP contribution in [0.5, 0.6) is 11.5 Å². The standard InChI is InChI=1S/C17H20O4/c1-17(2,14-5-9-16(21-19)10-6-14)13-3-7-15(8-4-13)20-12-11-18/h3-10,18-19H,11-12H2,1-2H3. The van der Waals surface area contributed by atoms with E-state index in [-0.39, 0.29) is 12.0 Å². The van der Waals surface area contributed by atoms with Gasteiger partial charge in [-0.1, -0.05) is 38.1 Å². The molecule has 0 aliphatic rings. The lowest BCUT2D eigenvalue weighted by molar-refractivity contribution is -0.137. The van der Waals surface area contributed by atoms with Crippen molar-refractivity contribution < 1.29 is 20.0 Å². The van der Waals surface area contributed by atoms with E-state index in [1.807, 2.05) is 36.4 Å². The van der Waals surface area contributed by atoms with Crippen LogP contribution in [0.3, 0.4) is 0 Å². The highest BCUT2D eigenvalue weighted by molar-refractivity contribution is 5.41. The third-order valence-electron chi connectivity index (χ3n) is 3.62. The third-order valence-corrected chi connectivity index (χ3v) is 3.62. The lowest BCUT2D eigenvalue weighted by atomic mass is 9.78. The number of rotatable bonds is 6. The zero-order chi connectivity index (χ0) is 15.3. The van der Waals surface area contributed by atoms with Crippen LogP contribution in [0.2, 0.25) is 0 Å². The van der Waals surface area contributed by atoms with E-state index in [0.29, 0.717) is 12.4 Å². The number of hydrogen-bond acceptors (Lipinski definition) is 4. The summed E-state index contributed by atoms with van der Waals surface area (Å²) >= 11 is 0. The predicted octanol–water partition coefficient (Wildman–Crippen LogP) is 3.24. The first-order valence-electron chi connectivity index (χ1n) is 6.84. The average molecular weight is 288 g/mol. The van der Waals surface area contributed by atoms with E-state index in [4.69, 9.17) is 15.1 Å². The Hall–Kier alpha value is -2.04. The smallest absolute Gasteiger partial charge is 0.165 e. The highest BCUT2D eigenvalue weighted by atomic mass is 17.1. The number of benzene rings is 2. The van der Waals surface area contributed by atoms with E-state index in [2.05, 4.69) is 18.7 Å². The van der Waals surface area contributed by atoms with Gasteiger partial charge in [-0.3, -0.25) is 0 Å². The molecule has 0 atom stereocenters. The molecule has 0 bridgehead atoms. The van der Waals surface area contributed by atoms with Gasteiger partial charge < -0.3 is 14.7 Å². The molecule has 112 valence electrons. The van der Waals surface area contributed by atoms with Crippen molar-refractivity contribution in [1.29, 1.82) is 0 Å². The fourth-order valence-electron chi connectivity index (χ4n) is 2.23. The van der Waals surface area contributed by atoms with Gasteiger partial charge >= 0.3 is 0 Å². The highest BCUT2D eigenvalue weighted by Gasteiger charge is 2.23. The van der Waals surface area contributed by atoms with Gasteiger partial charge in [-0.15, -0.1) is 0 Å². The summed E-state index contributed by atoms with van der Waals surface area (Å²) in [6.45, 7) is 4.56. The molecule has 0 spiro atoms. The average Bonchev–Trinajstić information content (AvgIpc) is 2.53.